The topological polar surface area (TPSA) is 19.9 Å². The van der Waals surface area contributed by atoms with E-state index in [0.717, 1.165) is 0 Å². The van der Waals surface area contributed by atoms with Gasteiger partial charge in [-0.1, -0.05) is 32.0 Å². The van der Waals surface area contributed by atoms with Crippen molar-refractivity contribution < 1.29 is 4.40 Å². The van der Waals surface area contributed by atoms with Gasteiger partial charge >= 0.3 is 0 Å². The van der Waals surface area contributed by atoms with Gasteiger partial charge in [-0.25, -0.2) is 0 Å². The Bertz CT molecular complexity index is 932. The third kappa shape index (κ3) is 1.54. The maximum absolute atomic E-state index is 3.55. The lowest BCUT2D eigenvalue weighted by atomic mass is 10.1. The Morgan fingerprint density at radius 2 is 1.80 bits per heavy atom. The maximum atomic E-state index is 3.55. The Hall–Kier alpha value is -2.35. The molecule has 0 unspecified atom stereocenters. The number of nitrogens with zero attached hydrogens (tertiary/aromatic N) is 1. The largest absolute Gasteiger partial charge is 0.349 e. The first-order valence-electron chi connectivity index (χ1n) is 7.08. The fourth-order valence-corrected chi connectivity index (χ4v) is 2.91. The van der Waals surface area contributed by atoms with Crippen molar-refractivity contribution in [2.45, 2.75) is 19.8 Å². The molecule has 20 heavy (non-hydrogen) atoms. The highest BCUT2D eigenvalue weighted by molar-refractivity contribution is 6.10. The minimum Gasteiger partial charge on any atom is -0.349 e. The summed E-state index contributed by atoms with van der Waals surface area (Å²) >= 11 is 0. The number of hydrogen-bond donors (Lipinski definition) is 1. The van der Waals surface area contributed by atoms with Gasteiger partial charge in [-0.15, -0.1) is 0 Å². The molecular formula is C18H17N2+. The van der Waals surface area contributed by atoms with Crippen LogP contribution in [0.2, 0.25) is 0 Å². The Balaban J connectivity index is 2.13. The molecule has 0 saturated carbocycles. The van der Waals surface area contributed by atoms with Crippen LogP contribution >= 0.6 is 0 Å². The first-order chi connectivity index (χ1) is 9.74. The maximum Gasteiger partial charge on any atom is 0.234 e. The summed E-state index contributed by atoms with van der Waals surface area (Å²) in [7, 11) is 0. The van der Waals surface area contributed by atoms with Crippen LogP contribution in [0.4, 0.5) is 0 Å². The Kier molecular flexibility index (Phi) is 2.34. The highest BCUT2D eigenvalue weighted by Crippen LogP contribution is 2.26. The number of benzene rings is 1. The van der Waals surface area contributed by atoms with Crippen LogP contribution in [-0.2, 0) is 0 Å². The molecule has 4 rings (SSSR count). The second-order valence-electron chi connectivity index (χ2n) is 5.68. The number of fused-ring (bicyclic) bond motifs is 5. The normalized spacial score (nSPS) is 11.9. The molecule has 0 aliphatic carbocycles. The molecule has 0 fully saturated rings. The number of nitrogens with one attached hydrogen (secondary N) is 1. The summed E-state index contributed by atoms with van der Waals surface area (Å²) < 4.78 is 2.22. The van der Waals surface area contributed by atoms with Gasteiger partial charge in [0.05, 0.1) is 0 Å². The molecule has 0 spiro atoms. The van der Waals surface area contributed by atoms with E-state index in [9.17, 15) is 0 Å². The van der Waals surface area contributed by atoms with Gasteiger partial charge in [-0.2, -0.15) is 4.40 Å². The molecule has 0 radical (unpaired) electrons. The molecule has 0 atom stereocenters. The lowest BCUT2D eigenvalue weighted by Gasteiger charge is -2.02. The Morgan fingerprint density at radius 3 is 2.65 bits per heavy atom. The molecule has 0 amide bonds. The van der Waals surface area contributed by atoms with E-state index in [1.165, 1.54) is 32.9 Å². The van der Waals surface area contributed by atoms with Crippen molar-refractivity contribution in [2.24, 2.45) is 0 Å². The second kappa shape index (κ2) is 4.07. The minimum absolute atomic E-state index is 0.547. The average Bonchev–Trinajstić information content (AvgIpc) is 2.85. The van der Waals surface area contributed by atoms with E-state index in [1.807, 2.05) is 0 Å². The smallest absolute Gasteiger partial charge is 0.234 e. The monoisotopic (exact) mass is 261 g/mol. The molecule has 2 heteroatoms. The van der Waals surface area contributed by atoms with Crippen molar-refractivity contribution in [3.05, 3.63) is 60.4 Å². The standard InChI is InChI=1S/C18H16N2/c1-12(2)13-7-8-17-18-15(9-10-20(17)11-13)14-5-3-4-6-16(14)19-18/h3-12H,1-2H3/p+1. The van der Waals surface area contributed by atoms with Crippen LogP contribution in [0.1, 0.15) is 25.3 Å². The van der Waals surface area contributed by atoms with Crippen LogP contribution in [0.25, 0.3) is 27.3 Å². The van der Waals surface area contributed by atoms with Crippen LogP contribution in [0.5, 0.6) is 0 Å². The fraction of sp³-hybridized carbons (Fsp3) is 0.167. The van der Waals surface area contributed by atoms with E-state index in [0.29, 0.717) is 5.92 Å². The zero-order chi connectivity index (χ0) is 13.7. The van der Waals surface area contributed by atoms with Crippen LogP contribution < -0.4 is 4.40 Å². The van der Waals surface area contributed by atoms with E-state index >= 15 is 0 Å². The number of para-hydroxylation sites is 1. The van der Waals surface area contributed by atoms with E-state index < -0.39 is 0 Å². The van der Waals surface area contributed by atoms with E-state index in [4.69, 9.17) is 0 Å². The van der Waals surface area contributed by atoms with E-state index in [1.54, 1.807) is 0 Å². The quantitative estimate of drug-likeness (QED) is 0.496. The molecule has 0 saturated heterocycles. The summed E-state index contributed by atoms with van der Waals surface area (Å²) in [6.45, 7) is 4.45. The van der Waals surface area contributed by atoms with Gasteiger partial charge in [-0.05, 0) is 18.1 Å². The predicted octanol–water partition coefficient (Wildman–Crippen LogP) is 4.18. The number of pyridine rings is 2. The molecule has 0 bridgehead atoms. The predicted molar refractivity (Wildman–Crippen MR) is 83.1 cm³/mol. The van der Waals surface area contributed by atoms with Gasteiger partial charge in [0.2, 0.25) is 5.52 Å². The molecular weight excluding hydrogens is 244 g/mol. The molecule has 98 valence electrons. The van der Waals surface area contributed by atoms with Gasteiger partial charge < -0.3 is 4.98 Å². The summed E-state index contributed by atoms with van der Waals surface area (Å²) in [5, 5.41) is 2.58. The highest BCUT2D eigenvalue weighted by Gasteiger charge is 2.13. The molecule has 0 aliphatic heterocycles. The minimum atomic E-state index is 0.547. The average molecular weight is 261 g/mol. The van der Waals surface area contributed by atoms with Crippen LogP contribution in [0.15, 0.2) is 54.9 Å². The summed E-state index contributed by atoms with van der Waals surface area (Å²) in [4.78, 5) is 3.55. The van der Waals surface area contributed by atoms with Crippen LogP contribution in [0, 0.1) is 0 Å². The lowest BCUT2D eigenvalue weighted by Crippen LogP contribution is -2.21. The van der Waals surface area contributed by atoms with Gasteiger partial charge in [0, 0.05) is 34.0 Å². The van der Waals surface area contributed by atoms with Gasteiger partial charge in [0.1, 0.15) is 5.52 Å². The number of hydrogen-bond acceptors (Lipinski definition) is 0. The zero-order valence-electron chi connectivity index (χ0n) is 11.7. The number of aromatic nitrogens is 2. The lowest BCUT2D eigenvalue weighted by molar-refractivity contribution is -0.511. The third-order valence-corrected chi connectivity index (χ3v) is 4.07. The highest BCUT2D eigenvalue weighted by atomic mass is 14.9. The van der Waals surface area contributed by atoms with Gasteiger partial charge in [0.25, 0.3) is 0 Å². The summed E-state index contributed by atoms with van der Waals surface area (Å²) in [5.74, 6) is 0.547. The molecule has 3 aromatic heterocycles. The summed E-state index contributed by atoms with van der Waals surface area (Å²) in [6.07, 6.45) is 4.38. The SMILES string of the molecule is CC(C)c1ccc2c3[nH]c4ccccc4c3cc[n+]2c1. The first kappa shape index (κ1) is 11.5. The first-order valence-corrected chi connectivity index (χ1v) is 7.08. The molecule has 1 N–H and O–H groups in total. The Morgan fingerprint density at radius 1 is 0.950 bits per heavy atom. The molecule has 3 heterocycles. The summed E-state index contributed by atoms with van der Waals surface area (Å²) in [5.41, 5.74) is 4.99. The molecule has 0 aliphatic rings. The second-order valence-corrected chi connectivity index (χ2v) is 5.68. The van der Waals surface area contributed by atoms with Crippen molar-refractivity contribution in [3.63, 3.8) is 0 Å². The number of aromatic amines is 1. The Labute approximate surface area is 117 Å². The van der Waals surface area contributed by atoms with Crippen LogP contribution in [0.3, 0.4) is 0 Å². The third-order valence-electron chi connectivity index (χ3n) is 4.07. The van der Waals surface area contributed by atoms with E-state index in [-0.39, 0.29) is 0 Å². The van der Waals surface area contributed by atoms with Crippen molar-refractivity contribution in [2.75, 3.05) is 0 Å². The van der Waals surface area contributed by atoms with Crippen LogP contribution in [-0.4, -0.2) is 4.98 Å². The van der Waals surface area contributed by atoms with Crippen molar-refractivity contribution in [1.82, 2.24) is 4.98 Å². The summed E-state index contributed by atoms with van der Waals surface area (Å²) in [6, 6.07) is 15.1. The van der Waals surface area contributed by atoms with Crippen molar-refractivity contribution in [1.29, 1.82) is 0 Å². The molecule has 1 aromatic carbocycles. The van der Waals surface area contributed by atoms with Crippen molar-refractivity contribution in [3.8, 4) is 0 Å². The molecule has 2 nitrogen and oxygen atoms in total. The number of rotatable bonds is 1. The van der Waals surface area contributed by atoms with E-state index in [2.05, 4.69) is 78.1 Å². The number of H-pyrrole nitrogens is 1. The van der Waals surface area contributed by atoms with Crippen molar-refractivity contribution >= 4 is 27.3 Å². The van der Waals surface area contributed by atoms with Gasteiger partial charge in [-0.3, -0.25) is 0 Å². The van der Waals surface area contributed by atoms with Gasteiger partial charge in [0.15, 0.2) is 12.4 Å². The fourth-order valence-electron chi connectivity index (χ4n) is 2.91. The zero-order valence-corrected chi connectivity index (χ0v) is 11.7. The molecule has 4 aromatic rings.